The highest BCUT2D eigenvalue weighted by Crippen LogP contribution is 2.67. The summed E-state index contributed by atoms with van der Waals surface area (Å²) >= 11 is 6.04. The number of hydrogen-bond donors (Lipinski definition) is 0. The van der Waals surface area contributed by atoms with Crippen LogP contribution in [-0.2, 0) is 9.53 Å². The van der Waals surface area contributed by atoms with E-state index in [-0.39, 0.29) is 12.1 Å². The summed E-state index contributed by atoms with van der Waals surface area (Å²) in [4.78, 5) is 12.5. The van der Waals surface area contributed by atoms with Gasteiger partial charge in [-0.2, -0.15) is 0 Å². The van der Waals surface area contributed by atoms with Crippen molar-refractivity contribution in [1.29, 1.82) is 0 Å². The van der Waals surface area contributed by atoms with Gasteiger partial charge in [0.2, 0.25) is 0 Å². The second kappa shape index (κ2) is 10.5. The zero-order valence-corrected chi connectivity index (χ0v) is 24.3. The van der Waals surface area contributed by atoms with Gasteiger partial charge in [0.15, 0.2) is 0 Å². The fourth-order valence-electron chi connectivity index (χ4n) is 9.13. The number of rotatable bonds is 7. The maximum Gasteiger partial charge on any atom is 0.335 e. The molecule has 4 aliphatic rings. The van der Waals surface area contributed by atoms with Gasteiger partial charge in [0.25, 0.3) is 0 Å². The van der Waals surface area contributed by atoms with Gasteiger partial charge in [0.1, 0.15) is 6.10 Å². The number of esters is 1. The second-order valence-corrected chi connectivity index (χ2v) is 14.3. The van der Waals surface area contributed by atoms with Crippen LogP contribution in [0.2, 0.25) is 0 Å². The molecule has 4 rings (SSSR count). The van der Waals surface area contributed by atoms with Gasteiger partial charge in [0.05, 0.1) is 0 Å². The molecule has 0 radical (unpaired) electrons. The SMILES string of the molecule is C/C(Cl)=C(/C)C(=O)O[C@H]1CC[C@@]2(C)C(=CC[C@H]3[C@H]2CC[C@@]2(C)[C@H]3CC[C@H]2[C@H](C)CCCC(C)C)C1. The van der Waals surface area contributed by atoms with E-state index < -0.39 is 0 Å². The smallest absolute Gasteiger partial charge is 0.335 e. The number of carbonyl (C=O) groups excluding carboxylic acids is 1. The van der Waals surface area contributed by atoms with Crippen molar-refractivity contribution in [2.45, 2.75) is 125 Å². The first-order chi connectivity index (χ1) is 16.5. The Hall–Kier alpha value is -0.760. The van der Waals surface area contributed by atoms with Crippen LogP contribution in [0.1, 0.15) is 119 Å². The Labute approximate surface area is 220 Å². The number of ether oxygens (including phenoxy) is 1. The van der Waals surface area contributed by atoms with Crippen molar-refractivity contribution in [3.05, 3.63) is 22.3 Å². The Morgan fingerprint density at radius 3 is 2.49 bits per heavy atom. The van der Waals surface area contributed by atoms with E-state index in [0.29, 0.717) is 21.4 Å². The highest BCUT2D eigenvalue weighted by atomic mass is 35.5. The predicted octanol–water partition coefficient (Wildman–Crippen LogP) is 9.47. The lowest BCUT2D eigenvalue weighted by Gasteiger charge is -2.58. The van der Waals surface area contributed by atoms with Crippen LogP contribution >= 0.6 is 11.6 Å². The molecule has 0 spiro atoms. The first kappa shape index (κ1) is 27.3. The van der Waals surface area contributed by atoms with Crippen LogP contribution in [-0.4, -0.2) is 12.1 Å². The fourth-order valence-corrected chi connectivity index (χ4v) is 9.21. The summed E-state index contributed by atoms with van der Waals surface area (Å²) < 4.78 is 5.90. The molecule has 35 heavy (non-hydrogen) atoms. The molecule has 0 unspecified atom stereocenters. The monoisotopic (exact) mass is 502 g/mol. The van der Waals surface area contributed by atoms with E-state index in [1.165, 1.54) is 51.4 Å². The Bertz CT molecular complexity index is 852. The van der Waals surface area contributed by atoms with Crippen LogP contribution in [0.25, 0.3) is 0 Å². The molecular formula is C32H51ClO2. The van der Waals surface area contributed by atoms with Crippen LogP contribution in [0, 0.1) is 46.3 Å². The highest BCUT2D eigenvalue weighted by Gasteiger charge is 2.59. The maximum absolute atomic E-state index is 12.5. The molecule has 0 aliphatic heterocycles. The third-order valence-electron chi connectivity index (χ3n) is 11.4. The molecule has 0 saturated heterocycles. The van der Waals surface area contributed by atoms with E-state index >= 15 is 0 Å². The third kappa shape index (κ3) is 5.17. The highest BCUT2D eigenvalue weighted by molar-refractivity contribution is 6.31. The van der Waals surface area contributed by atoms with Crippen molar-refractivity contribution in [3.63, 3.8) is 0 Å². The molecular weight excluding hydrogens is 452 g/mol. The molecule has 0 aromatic heterocycles. The van der Waals surface area contributed by atoms with E-state index in [2.05, 4.69) is 40.7 Å². The summed E-state index contributed by atoms with van der Waals surface area (Å²) in [5.74, 6) is 4.91. The molecule has 3 saturated carbocycles. The first-order valence-electron chi connectivity index (χ1n) is 14.7. The third-order valence-corrected chi connectivity index (χ3v) is 11.6. The van der Waals surface area contributed by atoms with Gasteiger partial charge in [-0.05, 0) is 105 Å². The molecule has 3 heteroatoms. The van der Waals surface area contributed by atoms with E-state index in [1.807, 2.05) is 0 Å². The minimum Gasteiger partial charge on any atom is -0.459 e. The standard InChI is InChI=1S/C32H51ClO2/c1-20(2)9-8-10-21(3)27-13-14-28-26-12-11-24-19-25(35-30(34)22(4)23(5)33)15-17-31(24,6)29(26)16-18-32(27,28)7/h11,20-21,25-29H,8-10,12-19H2,1-7H3/b23-22+/t21-,25+,26-,27+,28+,29-,31+,32-/m1/s1. The normalized spacial score (nSPS) is 40.3. The average Bonchev–Trinajstić information content (AvgIpc) is 3.15. The van der Waals surface area contributed by atoms with E-state index in [4.69, 9.17) is 16.3 Å². The van der Waals surface area contributed by atoms with Crippen LogP contribution in [0.15, 0.2) is 22.3 Å². The number of hydrogen-bond acceptors (Lipinski definition) is 2. The Balaban J connectivity index is 1.44. The van der Waals surface area contributed by atoms with E-state index in [0.717, 1.165) is 54.8 Å². The van der Waals surface area contributed by atoms with Crippen molar-refractivity contribution < 1.29 is 9.53 Å². The number of allylic oxidation sites excluding steroid dienone is 2. The van der Waals surface area contributed by atoms with Crippen LogP contribution in [0.4, 0.5) is 0 Å². The van der Waals surface area contributed by atoms with Gasteiger partial charge >= 0.3 is 5.97 Å². The molecule has 0 N–H and O–H groups in total. The van der Waals surface area contributed by atoms with E-state index in [9.17, 15) is 4.79 Å². The lowest BCUT2D eigenvalue weighted by Crippen LogP contribution is -2.51. The molecule has 3 fully saturated rings. The lowest BCUT2D eigenvalue weighted by molar-refractivity contribution is -0.146. The summed E-state index contributed by atoms with van der Waals surface area (Å²) in [6.45, 7) is 16.0. The van der Waals surface area contributed by atoms with Gasteiger partial charge in [-0.25, -0.2) is 4.79 Å². The second-order valence-electron chi connectivity index (χ2n) is 13.7. The Morgan fingerprint density at radius 2 is 1.80 bits per heavy atom. The van der Waals surface area contributed by atoms with Gasteiger partial charge in [-0.1, -0.05) is 77.1 Å². The summed E-state index contributed by atoms with van der Waals surface area (Å²) in [5, 5.41) is 0.532. The summed E-state index contributed by atoms with van der Waals surface area (Å²) in [7, 11) is 0. The van der Waals surface area contributed by atoms with Crippen molar-refractivity contribution >= 4 is 17.6 Å². The molecule has 0 heterocycles. The summed E-state index contributed by atoms with van der Waals surface area (Å²) in [5.41, 5.74) is 2.95. The molecule has 0 aromatic rings. The molecule has 2 nitrogen and oxygen atoms in total. The maximum atomic E-state index is 12.5. The van der Waals surface area contributed by atoms with Crippen molar-refractivity contribution in [2.75, 3.05) is 0 Å². The average molecular weight is 503 g/mol. The number of fused-ring (bicyclic) bond motifs is 5. The molecule has 8 atom stereocenters. The van der Waals surface area contributed by atoms with Crippen LogP contribution in [0.3, 0.4) is 0 Å². The Morgan fingerprint density at radius 1 is 1.06 bits per heavy atom. The fraction of sp³-hybridized carbons (Fsp3) is 0.844. The molecule has 4 aliphatic carbocycles. The minimum atomic E-state index is -0.242. The minimum absolute atomic E-state index is 0.000692. The molecule has 198 valence electrons. The molecule has 0 amide bonds. The molecule has 0 bridgehead atoms. The van der Waals surface area contributed by atoms with Crippen molar-refractivity contribution in [2.24, 2.45) is 46.3 Å². The Kier molecular flexibility index (Phi) is 8.22. The number of halogens is 1. The predicted molar refractivity (Wildman–Crippen MR) is 147 cm³/mol. The quantitative estimate of drug-likeness (QED) is 0.197. The van der Waals surface area contributed by atoms with Crippen molar-refractivity contribution in [1.82, 2.24) is 0 Å². The zero-order chi connectivity index (χ0) is 25.5. The zero-order valence-electron chi connectivity index (χ0n) is 23.6. The first-order valence-corrected chi connectivity index (χ1v) is 15.1. The van der Waals surface area contributed by atoms with Gasteiger partial charge in [-0.15, -0.1) is 0 Å². The largest absolute Gasteiger partial charge is 0.459 e. The van der Waals surface area contributed by atoms with E-state index in [1.54, 1.807) is 19.4 Å². The number of carbonyl (C=O) groups is 1. The van der Waals surface area contributed by atoms with Gasteiger partial charge in [-0.3, -0.25) is 0 Å². The topological polar surface area (TPSA) is 26.3 Å². The lowest BCUT2D eigenvalue weighted by atomic mass is 9.47. The summed E-state index contributed by atoms with van der Waals surface area (Å²) in [6, 6.07) is 0. The van der Waals surface area contributed by atoms with Crippen LogP contribution in [0.5, 0.6) is 0 Å². The van der Waals surface area contributed by atoms with Gasteiger partial charge in [0, 0.05) is 17.0 Å². The summed E-state index contributed by atoms with van der Waals surface area (Å²) in [6.07, 6.45) is 16.8. The van der Waals surface area contributed by atoms with Crippen LogP contribution < -0.4 is 0 Å². The van der Waals surface area contributed by atoms with Crippen molar-refractivity contribution in [3.8, 4) is 0 Å². The molecule has 0 aromatic carbocycles. The van der Waals surface area contributed by atoms with Gasteiger partial charge < -0.3 is 4.74 Å².